The Balaban J connectivity index is 1.99. The van der Waals surface area contributed by atoms with E-state index in [9.17, 15) is 9.90 Å². The van der Waals surface area contributed by atoms with Gasteiger partial charge < -0.3 is 19.7 Å². The summed E-state index contributed by atoms with van der Waals surface area (Å²) in [5.41, 5.74) is -0.437. The van der Waals surface area contributed by atoms with Gasteiger partial charge in [0, 0.05) is 32.3 Å². The summed E-state index contributed by atoms with van der Waals surface area (Å²) in [6, 6.07) is 1.62. The third kappa shape index (κ3) is 2.85. The fraction of sp³-hybridized carbons (Fsp3) is 0.583. The van der Waals surface area contributed by atoms with Crippen LogP contribution in [0.15, 0.2) is 12.3 Å². The minimum atomic E-state index is -0.941. The van der Waals surface area contributed by atoms with E-state index < -0.39 is 5.60 Å². The maximum Gasteiger partial charge on any atom is 0.268 e. The molecule has 0 aliphatic carbocycles. The zero-order valence-corrected chi connectivity index (χ0v) is 11.0. The van der Waals surface area contributed by atoms with Gasteiger partial charge in [-0.15, -0.1) is 0 Å². The Kier molecular flexibility index (Phi) is 3.94. The van der Waals surface area contributed by atoms with Gasteiger partial charge >= 0.3 is 0 Å². The molecule has 0 bridgehead atoms. The maximum atomic E-state index is 12.0. The molecule has 18 heavy (non-hydrogen) atoms. The zero-order chi connectivity index (χ0) is 13.2. The standard InChI is InChI=1S/C12H17ClN2O3/c1-2-15-6-9(13)5-10(15)11(16)14-7-12(17)3-4-18-8-12/h5-6,17H,2-4,7-8H2,1H3,(H,14,16). The molecule has 5 nitrogen and oxygen atoms in total. The number of hydrogen-bond acceptors (Lipinski definition) is 3. The molecule has 1 aromatic heterocycles. The van der Waals surface area contributed by atoms with Gasteiger partial charge in [-0.3, -0.25) is 4.79 Å². The summed E-state index contributed by atoms with van der Waals surface area (Å²) < 4.78 is 6.89. The number of hydrogen-bond donors (Lipinski definition) is 2. The van der Waals surface area contributed by atoms with E-state index >= 15 is 0 Å². The average molecular weight is 273 g/mol. The van der Waals surface area contributed by atoms with E-state index in [1.165, 1.54) is 0 Å². The van der Waals surface area contributed by atoms with Gasteiger partial charge in [0.25, 0.3) is 5.91 Å². The molecular weight excluding hydrogens is 256 g/mol. The highest BCUT2D eigenvalue weighted by Gasteiger charge is 2.32. The smallest absolute Gasteiger partial charge is 0.268 e. The third-order valence-corrected chi connectivity index (χ3v) is 3.30. The number of carbonyl (C=O) groups is 1. The molecule has 1 amide bonds. The number of aryl methyl sites for hydroxylation is 1. The first-order valence-corrected chi connectivity index (χ1v) is 6.36. The van der Waals surface area contributed by atoms with Crippen molar-refractivity contribution in [2.45, 2.75) is 25.5 Å². The lowest BCUT2D eigenvalue weighted by Gasteiger charge is -2.20. The quantitative estimate of drug-likeness (QED) is 0.861. The van der Waals surface area contributed by atoms with Crippen LogP contribution in [0.2, 0.25) is 5.02 Å². The van der Waals surface area contributed by atoms with E-state index in [0.717, 1.165) is 0 Å². The Morgan fingerprint density at radius 3 is 3.11 bits per heavy atom. The van der Waals surface area contributed by atoms with Crippen LogP contribution in [0.5, 0.6) is 0 Å². The molecule has 1 atom stereocenters. The van der Waals surface area contributed by atoms with Gasteiger partial charge in [0.15, 0.2) is 0 Å². The molecule has 1 unspecified atom stereocenters. The minimum absolute atomic E-state index is 0.193. The Hall–Kier alpha value is -1.04. The second-order valence-corrected chi connectivity index (χ2v) is 4.98. The van der Waals surface area contributed by atoms with Crippen LogP contribution >= 0.6 is 11.6 Å². The van der Waals surface area contributed by atoms with Crippen molar-refractivity contribution in [3.63, 3.8) is 0 Å². The first kappa shape index (κ1) is 13.4. The fourth-order valence-electron chi connectivity index (χ4n) is 2.00. The second-order valence-electron chi connectivity index (χ2n) is 4.54. The fourth-order valence-corrected chi connectivity index (χ4v) is 2.22. The first-order chi connectivity index (χ1) is 8.54. The Morgan fingerprint density at radius 2 is 2.50 bits per heavy atom. The van der Waals surface area contributed by atoms with Crippen LogP contribution in [0.25, 0.3) is 0 Å². The molecule has 0 radical (unpaired) electrons. The largest absolute Gasteiger partial charge is 0.386 e. The van der Waals surface area contributed by atoms with Crippen LogP contribution in [-0.4, -0.2) is 40.9 Å². The van der Waals surface area contributed by atoms with Crippen LogP contribution in [0.3, 0.4) is 0 Å². The predicted octanol–water partition coefficient (Wildman–Crippen LogP) is 1.04. The van der Waals surface area contributed by atoms with Gasteiger partial charge in [-0.05, 0) is 13.0 Å². The lowest BCUT2D eigenvalue weighted by molar-refractivity contribution is 0.0263. The molecule has 0 saturated carbocycles. The third-order valence-electron chi connectivity index (χ3n) is 3.10. The molecule has 2 N–H and O–H groups in total. The molecule has 100 valence electrons. The Bertz CT molecular complexity index is 439. The molecule has 1 aliphatic heterocycles. The molecule has 0 aromatic carbocycles. The van der Waals surface area contributed by atoms with Gasteiger partial charge in [-0.2, -0.15) is 0 Å². The maximum absolute atomic E-state index is 12.0. The highest BCUT2D eigenvalue weighted by atomic mass is 35.5. The number of aliphatic hydroxyl groups is 1. The first-order valence-electron chi connectivity index (χ1n) is 5.98. The summed E-state index contributed by atoms with van der Waals surface area (Å²) in [5, 5.41) is 13.3. The van der Waals surface area contributed by atoms with Crippen molar-refractivity contribution in [1.82, 2.24) is 9.88 Å². The number of ether oxygens (including phenoxy) is 1. The van der Waals surface area contributed by atoms with E-state index in [4.69, 9.17) is 16.3 Å². The molecule has 1 fully saturated rings. The summed E-state index contributed by atoms with van der Waals surface area (Å²) in [4.78, 5) is 12.0. The van der Waals surface area contributed by atoms with Gasteiger partial charge in [0.2, 0.25) is 0 Å². The van der Waals surface area contributed by atoms with Gasteiger partial charge in [-0.1, -0.05) is 11.6 Å². The van der Waals surface area contributed by atoms with Gasteiger partial charge in [0.1, 0.15) is 11.3 Å². The number of aromatic nitrogens is 1. The number of amides is 1. The van der Waals surface area contributed by atoms with Crippen molar-refractivity contribution in [3.05, 3.63) is 23.0 Å². The molecule has 1 saturated heterocycles. The Morgan fingerprint density at radius 1 is 1.72 bits per heavy atom. The van der Waals surface area contributed by atoms with E-state index in [1.54, 1.807) is 16.8 Å². The van der Waals surface area contributed by atoms with Crippen molar-refractivity contribution in [1.29, 1.82) is 0 Å². The van der Waals surface area contributed by atoms with E-state index in [1.807, 2.05) is 6.92 Å². The highest BCUT2D eigenvalue weighted by molar-refractivity contribution is 6.31. The highest BCUT2D eigenvalue weighted by Crippen LogP contribution is 2.18. The molecule has 2 rings (SSSR count). The van der Waals surface area contributed by atoms with Crippen LogP contribution in [-0.2, 0) is 11.3 Å². The summed E-state index contributed by atoms with van der Waals surface area (Å²) >= 11 is 5.87. The van der Waals surface area contributed by atoms with Gasteiger partial charge in [0.05, 0.1) is 11.6 Å². The molecule has 0 spiro atoms. The topological polar surface area (TPSA) is 63.5 Å². The summed E-state index contributed by atoms with van der Waals surface area (Å²) in [7, 11) is 0. The normalized spacial score (nSPS) is 23.3. The second kappa shape index (κ2) is 5.30. The lowest BCUT2D eigenvalue weighted by Crippen LogP contribution is -2.43. The lowest BCUT2D eigenvalue weighted by atomic mass is 10.0. The van der Waals surface area contributed by atoms with Crippen molar-refractivity contribution in [2.24, 2.45) is 0 Å². The van der Waals surface area contributed by atoms with Crippen LogP contribution in [0, 0.1) is 0 Å². The van der Waals surface area contributed by atoms with Crippen molar-refractivity contribution < 1.29 is 14.6 Å². The molecule has 1 aromatic rings. The van der Waals surface area contributed by atoms with Crippen molar-refractivity contribution in [2.75, 3.05) is 19.8 Å². The monoisotopic (exact) mass is 272 g/mol. The van der Waals surface area contributed by atoms with E-state index in [0.29, 0.717) is 30.3 Å². The number of halogens is 1. The Labute approximate surface area is 111 Å². The summed E-state index contributed by atoms with van der Waals surface area (Å²) in [5.74, 6) is -0.232. The van der Waals surface area contributed by atoms with Crippen LogP contribution < -0.4 is 5.32 Å². The van der Waals surface area contributed by atoms with Gasteiger partial charge in [-0.25, -0.2) is 0 Å². The van der Waals surface area contributed by atoms with Crippen molar-refractivity contribution in [3.8, 4) is 0 Å². The number of nitrogens with one attached hydrogen (secondary N) is 1. The SMILES string of the molecule is CCn1cc(Cl)cc1C(=O)NCC1(O)CCOC1. The number of rotatable bonds is 4. The predicted molar refractivity (Wildman–Crippen MR) is 67.8 cm³/mol. The summed E-state index contributed by atoms with van der Waals surface area (Å²) in [6.45, 7) is 3.60. The zero-order valence-electron chi connectivity index (χ0n) is 10.3. The molecule has 2 heterocycles. The minimum Gasteiger partial charge on any atom is -0.386 e. The van der Waals surface area contributed by atoms with Crippen molar-refractivity contribution >= 4 is 17.5 Å². The number of carbonyl (C=O) groups excluding carboxylic acids is 1. The van der Waals surface area contributed by atoms with E-state index in [-0.39, 0.29) is 19.1 Å². The number of nitrogens with zero attached hydrogens (tertiary/aromatic N) is 1. The van der Waals surface area contributed by atoms with E-state index in [2.05, 4.69) is 5.32 Å². The summed E-state index contributed by atoms with van der Waals surface area (Å²) in [6.07, 6.45) is 2.26. The average Bonchev–Trinajstić information content (AvgIpc) is 2.93. The molecule has 1 aliphatic rings. The van der Waals surface area contributed by atoms with Crippen LogP contribution in [0.1, 0.15) is 23.8 Å². The molecular formula is C12H17ClN2O3. The van der Waals surface area contributed by atoms with Crippen LogP contribution in [0.4, 0.5) is 0 Å². The molecule has 6 heteroatoms.